The molecule has 7 nitrogen and oxygen atoms in total. The highest BCUT2D eigenvalue weighted by Gasteiger charge is 2.45. The van der Waals surface area contributed by atoms with E-state index < -0.39 is 29.6 Å². The third kappa shape index (κ3) is 5.76. The molecule has 3 aromatic carbocycles. The lowest BCUT2D eigenvalue weighted by Gasteiger charge is -2.24. The lowest BCUT2D eigenvalue weighted by molar-refractivity contribution is -0.124. The summed E-state index contributed by atoms with van der Waals surface area (Å²) >= 11 is 23.3. The lowest BCUT2D eigenvalue weighted by atomic mass is 10.1. The number of hydrogen-bond donors (Lipinski definition) is 2. The quantitative estimate of drug-likeness (QED) is 0.388. The second-order valence-electron chi connectivity index (χ2n) is 7.68. The van der Waals surface area contributed by atoms with Gasteiger partial charge >= 0.3 is 0 Å². The van der Waals surface area contributed by atoms with Crippen molar-refractivity contribution in [2.24, 2.45) is 0 Å². The molecule has 0 spiro atoms. The molecule has 3 amide bonds. The molecule has 1 fully saturated rings. The minimum absolute atomic E-state index is 0.0856. The molecule has 0 radical (unpaired) electrons. The number of halogens is 4. The van der Waals surface area contributed by atoms with Crippen LogP contribution in [0.3, 0.4) is 0 Å². The second kappa shape index (κ2) is 10.8. The molecule has 0 saturated carbocycles. The van der Waals surface area contributed by atoms with E-state index in [1.807, 2.05) is 0 Å². The van der Waals surface area contributed by atoms with Gasteiger partial charge in [0.2, 0.25) is 11.0 Å². The Balaban J connectivity index is 1.60. The van der Waals surface area contributed by atoms with Gasteiger partial charge in [-0.15, -0.1) is 0 Å². The molecule has 4 rings (SSSR count). The number of hydrogen-bond acceptors (Lipinski definition) is 4. The number of rotatable bonds is 6. The fraction of sp³-hybridized carbons (Fsp3) is 0.0833. The molecule has 1 aliphatic heterocycles. The van der Waals surface area contributed by atoms with E-state index in [0.29, 0.717) is 20.8 Å². The summed E-state index contributed by atoms with van der Waals surface area (Å²) in [6, 6.07) is 14.5. The largest absolute Gasteiger partial charge is 0.326 e. The van der Waals surface area contributed by atoms with E-state index in [1.165, 1.54) is 66.7 Å². The van der Waals surface area contributed by atoms with E-state index >= 15 is 0 Å². The fourth-order valence-electron chi connectivity index (χ4n) is 3.52. The van der Waals surface area contributed by atoms with Gasteiger partial charge in [-0.2, -0.15) is 0 Å². The van der Waals surface area contributed by atoms with Crippen LogP contribution in [0.2, 0.25) is 15.1 Å². The fourth-order valence-corrected chi connectivity index (χ4v) is 4.54. The van der Waals surface area contributed by atoms with Crippen LogP contribution in [0, 0.1) is 5.82 Å². The molecule has 0 aromatic heterocycles. The normalized spacial score (nSPS) is 15.3. The maximum absolute atomic E-state index is 13.5. The SMILES string of the molecule is O=C(CC1C(=O)N(c2ccc(F)cc2)C(=S)N1NC(=O)c1ccc(Cl)cc1)Nc1cc(Cl)cc(Cl)c1. The van der Waals surface area contributed by atoms with Gasteiger partial charge in [0.1, 0.15) is 11.9 Å². The van der Waals surface area contributed by atoms with Crippen molar-refractivity contribution in [2.45, 2.75) is 12.5 Å². The first-order valence-electron chi connectivity index (χ1n) is 10.4. The molecule has 1 aliphatic rings. The first-order chi connectivity index (χ1) is 17.1. The number of amides is 3. The first-order valence-corrected chi connectivity index (χ1v) is 11.9. The highest BCUT2D eigenvalue weighted by molar-refractivity contribution is 7.80. The molecule has 1 unspecified atom stereocenters. The summed E-state index contributed by atoms with van der Waals surface area (Å²) in [5.74, 6) is -2.21. The van der Waals surface area contributed by atoms with E-state index in [1.54, 1.807) is 0 Å². The van der Waals surface area contributed by atoms with Crippen molar-refractivity contribution in [3.05, 3.63) is 93.2 Å². The molecule has 3 aromatic rings. The van der Waals surface area contributed by atoms with Crippen molar-refractivity contribution < 1.29 is 18.8 Å². The van der Waals surface area contributed by atoms with Gasteiger partial charge in [-0.1, -0.05) is 34.8 Å². The molecule has 1 atom stereocenters. The number of carbonyl (C=O) groups is 3. The van der Waals surface area contributed by atoms with Crippen LogP contribution in [0.4, 0.5) is 15.8 Å². The smallest absolute Gasteiger partial charge is 0.269 e. The van der Waals surface area contributed by atoms with Crippen LogP contribution in [0.25, 0.3) is 0 Å². The predicted octanol–water partition coefficient (Wildman–Crippen LogP) is 5.46. The Kier molecular flexibility index (Phi) is 7.75. The van der Waals surface area contributed by atoms with Gasteiger partial charge in [0, 0.05) is 26.3 Å². The molecule has 0 aliphatic carbocycles. The average molecular weight is 566 g/mol. The molecule has 0 bridgehead atoms. The molecule has 12 heteroatoms. The topological polar surface area (TPSA) is 81.8 Å². The molecule has 1 heterocycles. The van der Waals surface area contributed by atoms with E-state index in [2.05, 4.69) is 10.7 Å². The van der Waals surface area contributed by atoms with Crippen molar-refractivity contribution in [2.75, 3.05) is 10.2 Å². The van der Waals surface area contributed by atoms with Gasteiger partial charge in [-0.3, -0.25) is 24.7 Å². The Morgan fingerprint density at radius 2 is 1.53 bits per heavy atom. The van der Waals surface area contributed by atoms with Crippen LogP contribution >= 0.6 is 47.0 Å². The van der Waals surface area contributed by atoms with Crippen LogP contribution in [-0.4, -0.2) is 33.9 Å². The molecule has 1 saturated heterocycles. The summed E-state index contributed by atoms with van der Waals surface area (Å²) in [4.78, 5) is 40.3. The van der Waals surface area contributed by atoms with Crippen molar-refractivity contribution in [3.63, 3.8) is 0 Å². The number of benzene rings is 3. The Morgan fingerprint density at radius 1 is 0.917 bits per heavy atom. The second-order valence-corrected chi connectivity index (χ2v) is 9.35. The lowest BCUT2D eigenvalue weighted by Crippen LogP contribution is -2.49. The first kappa shape index (κ1) is 25.8. The number of carbonyl (C=O) groups excluding carboxylic acids is 3. The van der Waals surface area contributed by atoms with E-state index in [-0.39, 0.29) is 22.8 Å². The standard InChI is InChI=1S/C24H16Cl3FN4O3S/c25-14-3-1-13(2-4-14)22(34)30-32-20(12-21(33)29-18-10-15(26)9-16(27)11-18)23(35)31(24(32)36)19-7-5-17(28)6-8-19/h1-11,20H,12H2,(H,29,33)(H,30,34). The summed E-state index contributed by atoms with van der Waals surface area (Å²) < 4.78 is 13.5. The number of thiocarbonyl (C=S) groups is 1. The summed E-state index contributed by atoms with van der Waals surface area (Å²) in [6.07, 6.45) is -0.373. The molecular formula is C24H16Cl3FN4O3S. The van der Waals surface area contributed by atoms with Crippen molar-refractivity contribution in [3.8, 4) is 0 Å². The van der Waals surface area contributed by atoms with Gasteiger partial charge in [0.25, 0.3) is 11.8 Å². The van der Waals surface area contributed by atoms with E-state index in [9.17, 15) is 18.8 Å². The average Bonchev–Trinajstić information content (AvgIpc) is 3.03. The van der Waals surface area contributed by atoms with Gasteiger partial charge in [0.05, 0.1) is 12.1 Å². The molecular weight excluding hydrogens is 550 g/mol. The van der Waals surface area contributed by atoms with Crippen molar-refractivity contribution in [1.82, 2.24) is 10.4 Å². The minimum atomic E-state index is -1.19. The summed E-state index contributed by atoms with van der Waals surface area (Å²) in [6.45, 7) is 0. The number of nitrogens with zero attached hydrogens (tertiary/aromatic N) is 2. The van der Waals surface area contributed by atoms with Crippen LogP contribution in [0.15, 0.2) is 66.7 Å². The van der Waals surface area contributed by atoms with Crippen LogP contribution < -0.4 is 15.6 Å². The highest BCUT2D eigenvalue weighted by Crippen LogP contribution is 2.28. The van der Waals surface area contributed by atoms with Crippen molar-refractivity contribution in [1.29, 1.82) is 0 Å². The highest BCUT2D eigenvalue weighted by atomic mass is 35.5. The Bertz CT molecular complexity index is 1340. The summed E-state index contributed by atoms with van der Waals surface area (Å²) in [7, 11) is 0. The third-order valence-corrected chi connectivity index (χ3v) is 6.22. The summed E-state index contributed by atoms with van der Waals surface area (Å²) in [5, 5.41) is 4.76. The van der Waals surface area contributed by atoms with Crippen molar-refractivity contribution >= 4 is 81.2 Å². The Labute approximate surface area is 225 Å². The van der Waals surface area contributed by atoms with Crippen LogP contribution in [-0.2, 0) is 9.59 Å². The number of nitrogens with one attached hydrogen (secondary N) is 2. The van der Waals surface area contributed by atoms with Gasteiger partial charge < -0.3 is 5.32 Å². The van der Waals surface area contributed by atoms with Crippen LogP contribution in [0.5, 0.6) is 0 Å². The number of hydrazine groups is 1. The molecule has 2 N–H and O–H groups in total. The zero-order chi connectivity index (χ0) is 26.0. The number of anilines is 2. The maximum Gasteiger partial charge on any atom is 0.269 e. The van der Waals surface area contributed by atoms with E-state index in [4.69, 9.17) is 47.0 Å². The zero-order valence-corrected chi connectivity index (χ0v) is 21.3. The maximum atomic E-state index is 13.5. The van der Waals surface area contributed by atoms with E-state index in [0.717, 1.165) is 9.91 Å². The Hall–Kier alpha value is -3.24. The van der Waals surface area contributed by atoms with Crippen LogP contribution in [0.1, 0.15) is 16.8 Å². The monoisotopic (exact) mass is 564 g/mol. The zero-order valence-electron chi connectivity index (χ0n) is 18.2. The van der Waals surface area contributed by atoms with Gasteiger partial charge in [0.15, 0.2) is 0 Å². The van der Waals surface area contributed by atoms with Gasteiger partial charge in [-0.05, 0) is 78.9 Å². The van der Waals surface area contributed by atoms with Gasteiger partial charge in [-0.25, -0.2) is 9.40 Å². The summed E-state index contributed by atoms with van der Waals surface area (Å²) in [5.41, 5.74) is 3.46. The Morgan fingerprint density at radius 3 is 2.14 bits per heavy atom. The minimum Gasteiger partial charge on any atom is -0.326 e. The third-order valence-electron chi connectivity index (χ3n) is 5.15. The molecule has 36 heavy (non-hydrogen) atoms. The predicted molar refractivity (Wildman–Crippen MR) is 141 cm³/mol. The molecule has 184 valence electrons.